The van der Waals surface area contributed by atoms with Gasteiger partial charge in [0.2, 0.25) is 0 Å². The van der Waals surface area contributed by atoms with Gasteiger partial charge in [0.25, 0.3) is 0 Å². The molecule has 0 bridgehead atoms. The average Bonchev–Trinajstić information content (AvgIpc) is 1.59. The molecular weight excluding hydrogens is 137 g/mol. The molecule has 53 valence electrons. The molecule has 0 spiro atoms. The molecule has 0 aromatic heterocycles. The lowest BCUT2D eigenvalue weighted by Gasteiger charge is -2.00. The van der Waals surface area contributed by atoms with E-state index in [0.717, 1.165) is 0 Å². The van der Waals surface area contributed by atoms with E-state index in [4.69, 9.17) is 5.11 Å². The molecule has 0 aromatic rings. The number of halogens is 3. The van der Waals surface area contributed by atoms with Crippen LogP contribution < -0.4 is 0 Å². The van der Waals surface area contributed by atoms with Crippen LogP contribution in [-0.2, 0) is 4.79 Å². The van der Waals surface area contributed by atoms with Gasteiger partial charge in [0.05, 0.1) is 12.8 Å². The molecule has 0 saturated heterocycles. The van der Waals surface area contributed by atoms with E-state index < -0.39 is 18.6 Å². The van der Waals surface area contributed by atoms with Gasteiger partial charge in [-0.15, -0.1) is 0 Å². The van der Waals surface area contributed by atoms with Crippen LogP contribution >= 0.6 is 0 Å². The summed E-state index contributed by atoms with van der Waals surface area (Å²) in [6.45, 7) is 0. The molecule has 9 heavy (non-hydrogen) atoms. The van der Waals surface area contributed by atoms with E-state index in [1.165, 1.54) is 0 Å². The van der Waals surface area contributed by atoms with Crippen molar-refractivity contribution in [3.63, 3.8) is 0 Å². The second kappa shape index (κ2) is 2.70. The first-order chi connectivity index (χ1) is 3.92. The molecule has 0 aliphatic carbocycles. The minimum Gasteiger partial charge on any atom is -0.481 e. The lowest BCUT2D eigenvalue weighted by molar-refractivity contribution is -0.143. The number of hydrogen-bond donors (Lipinski definition) is 1. The predicted molar refractivity (Wildman–Crippen MR) is 22.6 cm³/mol. The number of hydrogen-bond acceptors (Lipinski definition) is 1. The zero-order valence-electron chi connectivity index (χ0n) is 4.27. The third-order valence-electron chi connectivity index (χ3n) is 0.508. The number of aliphatic carboxylic acids is 1. The Balaban J connectivity index is 3.39. The van der Waals surface area contributed by atoms with Crippen LogP contribution in [0.25, 0.3) is 0 Å². The van der Waals surface area contributed by atoms with Crippen molar-refractivity contribution in [2.24, 2.45) is 0 Å². The van der Waals surface area contributed by atoms with E-state index in [1.807, 2.05) is 0 Å². The summed E-state index contributed by atoms with van der Waals surface area (Å²) in [5.74, 6) is -1.55. The Labute approximate surface area is 49.3 Å². The average molecular weight is 141 g/mol. The Morgan fingerprint density at radius 3 is 2.11 bits per heavy atom. The molecule has 0 fully saturated rings. The molecule has 0 rings (SSSR count). The molecule has 0 heterocycles. The van der Waals surface area contributed by atoms with Crippen molar-refractivity contribution in [1.82, 2.24) is 0 Å². The normalized spacial score (nSPS) is 11.4. The fourth-order valence-electron chi connectivity index (χ4n) is 0.203. The third kappa shape index (κ3) is 7.26. The lowest BCUT2D eigenvalue weighted by Crippen LogP contribution is -2.10. The van der Waals surface area contributed by atoms with E-state index >= 15 is 0 Å². The smallest absolute Gasteiger partial charge is 0.389 e. The van der Waals surface area contributed by atoms with Crippen LogP contribution in [0.4, 0.5) is 13.2 Å². The Bertz CT molecular complexity index is 107. The highest BCUT2D eigenvalue weighted by Crippen LogP contribution is 2.20. The van der Waals surface area contributed by atoms with E-state index in [1.54, 1.807) is 0 Å². The Kier molecular flexibility index (Phi) is 2.48. The molecule has 0 unspecified atom stereocenters. The highest BCUT2D eigenvalue weighted by molar-refractivity contribution is 5.76. The van der Waals surface area contributed by atoms with Crippen molar-refractivity contribution >= 4 is 5.97 Å². The van der Waals surface area contributed by atoms with Crippen LogP contribution in [0, 0.1) is 6.42 Å². The number of carboxylic acid groups (broad SMARTS) is 1. The number of alkyl halides is 3. The van der Waals surface area contributed by atoms with Gasteiger partial charge in [0.1, 0.15) is 0 Å². The minimum atomic E-state index is -4.40. The molecule has 0 aliphatic rings. The molecule has 2 nitrogen and oxygen atoms in total. The topological polar surface area (TPSA) is 37.3 Å². The van der Waals surface area contributed by atoms with Crippen LogP contribution in [-0.4, -0.2) is 17.3 Å². The molecule has 0 amide bonds. The summed E-state index contributed by atoms with van der Waals surface area (Å²) in [6, 6.07) is 0. The SMILES string of the molecule is O=C(O)[CH]CC(F)(F)F. The Morgan fingerprint density at radius 1 is 1.56 bits per heavy atom. The van der Waals surface area contributed by atoms with Crippen molar-refractivity contribution < 1.29 is 23.1 Å². The highest BCUT2D eigenvalue weighted by atomic mass is 19.4. The van der Waals surface area contributed by atoms with Crippen LogP contribution in [0.2, 0.25) is 0 Å². The molecule has 0 saturated carbocycles. The molecule has 1 radical (unpaired) electrons. The maximum atomic E-state index is 11.1. The zero-order valence-corrected chi connectivity index (χ0v) is 4.27. The molecule has 1 N–H and O–H groups in total. The largest absolute Gasteiger partial charge is 0.481 e. The van der Waals surface area contributed by atoms with Crippen LogP contribution in [0.3, 0.4) is 0 Å². The van der Waals surface area contributed by atoms with Crippen molar-refractivity contribution in [2.75, 3.05) is 0 Å². The van der Waals surface area contributed by atoms with Crippen molar-refractivity contribution in [1.29, 1.82) is 0 Å². The van der Waals surface area contributed by atoms with Crippen molar-refractivity contribution in [3.05, 3.63) is 6.42 Å². The Morgan fingerprint density at radius 2 is 2.00 bits per heavy atom. The van der Waals surface area contributed by atoms with Gasteiger partial charge in [-0.05, 0) is 0 Å². The van der Waals surface area contributed by atoms with Crippen LogP contribution in [0.15, 0.2) is 0 Å². The van der Waals surface area contributed by atoms with E-state index in [-0.39, 0.29) is 6.42 Å². The summed E-state index contributed by atoms with van der Waals surface area (Å²) >= 11 is 0. The second-order valence-corrected chi connectivity index (χ2v) is 1.36. The van der Waals surface area contributed by atoms with E-state index in [0.29, 0.717) is 0 Å². The van der Waals surface area contributed by atoms with Crippen molar-refractivity contribution in [3.8, 4) is 0 Å². The van der Waals surface area contributed by atoms with Gasteiger partial charge in [0, 0.05) is 0 Å². The van der Waals surface area contributed by atoms with Gasteiger partial charge in [0.15, 0.2) is 0 Å². The van der Waals surface area contributed by atoms with Crippen molar-refractivity contribution in [2.45, 2.75) is 12.6 Å². The van der Waals surface area contributed by atoms with Gasteiger partial charge >= 0.3 is 12.1 Å². The fraction of sp³-hybridized carbons (Fsp3) is 0.500. The van der Waals surface area contributed by atoms with Gasteiger partial charge in [-0.2, -0.15) is 13.2 Å². The summed E-state index contributed by atoms with van der Waals surface area (Å²) in [5.41, 5.74) is 0. The summed E-state index contributed by atoms with van der Waals surface area (Å²) in [6.07, 6.45) is -5.61. The van der Waals surface area contributed by atoms with Crippen LogP contribution in [0.1, 0.15) is 6.42 Å². The van der Waals surface area contributed by atoms with Crippen LogP contribution in [0.5, 0.6) is 0 Å². The van der Waals surface area contributed by atoms with Gasteiger partial charge in [-0.3, -0.25) is 4.79 Å². The molecule has 5 heteroatoms. The van der Waals surface area contributed by atoms with E-state index in [9.17, 15) is 18.0 Å². The third-order valence-corrected chi connectivity index (χ3v) is 0.508. The minimum absolute atomic E-state index is 0.167. The number of rotatable bonds is 2. The lowest BCUT2D eigenvalue weighted by atomic mass is 10.3. The quantitative estimate of drug-likeness (QED) is 0.627. The Hall–Kier alpha value is -0.740. The monoisotopic (exact) mass is 141 g/mol. The first-order valence-electron chi connectivity index (χ1n) is 2.05. The molecule has 0 aromatic carbocycles. The first kappa shape index (κ1) is 8.26. The summed E-state index contributed by atoms with van der Waals surface area (Å²) < 4.78 is 33.4. The van der Waals surface area contributed by atoms with Gasteiger partial charge in [-0.25, -0.2) is 0 Å². The summed E-state index contributed by atoms with van der Waals surface area (Å²) in [5, 5.41) is 7.72. The first-order valence-corrected chi connectivity index (χ1v) is 2.05. The maximum absolute atomic E-state index is 11.1. The molecule has 0 atom stereocenters. The predicted octanol–water partition coefficient (Wildman–Crippen LogP) is 1.23. The summed E-state index contributed by atoms with van der Waals surface area (Å²) in [7, 11) is 0. The number of carbonyl (C=O) groups is 1. The summed E-state index contributed by atoms with van der Waals surface area (Å²) in [4.78, 5) is 9.49. The molecular formula is C4H4F3O2. The fourth-order valence-corrected chi connectivity index (χ4v) is 0.203. The highest BCUT2D eigenvalue weighted by Gasteiger charge is 2.27. The number of carboxylic acids is 1. The molecule has 0 aliphatic heterocycles. The maximum Gasteiger partial charge on any atom is 0.389 e. The standard InChI is InChI=1S/C4H4F3O2/c5-4(6,7)2-1-3(8)9/h1H,2H2,(H,8,9). The zero-order chi connectivity index (χ0) is 7.49. The second-order valence-electron chi connectivity index (χ2n) is 1.36. The van der Waals surface area contributed by atoms with Gasteiger partial charge < -0.3 is 5.11 Å². The van der Waals surface area contributed by atoms with Gasteiger partial charge in [-0.1, -0.05) is 0 Å². The van der Waals surface area contributed by atoms with E-state index in [2.05, 4.69) is 0 Å².